The fourth-order valence-electron chi connectivity index (χ4n) is 4.86. The van der Waals surface area contributed by atoms with Crippen LogP contribution in [-0.2, 0) is 4.79 Å². The number of anilines is 1. The van der Waals surface area contributed by atoms with Gasteiger partial charge in [0.25, 0.3) is 17.8 Å². The van der Waals surface area contributed by atoms with E-state index in [9.17, 15) is 9.59 Å². The van der Waals surface area contributed by atoms with Crippen LogP contribution in [0.1, 0.15) is 29.6 Å². The van der Waals surface area contributed by atoms with E-state index in [1.807, 2.05) is 46.2 Å². The molecular formula is C25H26N6O3. The second kappa shape index (κ2) is 8.55. The Morgan fingerprint density at radius 1 is 0.941 bits per heavy atom. The first-order valence-electron chi connectivity index (χ1n) is 11.9. The van der Waals surface area contributed by atoms with Gasteiger partial charge in [0.15, 0.2) is 5.58 Å². The molecule has 174 valence electrons. The third-order valence-corrected chi connectivity index (χ3v) is 6.81. The van der Waals surface area contributed by atoms with E-state index in [-0.39, 0.29) is 17.7 Å². The molecule has 4 aliphatic rings. The molecule has 1 aromatic heterocycles. The van der Waals surface area contributed by atoms with Crippen LogP contribution in [0.2, 0.25) is 0 Å². The van der Waals surface area contributed by atoms with Gasteiger partial charge in [0.05, 0.1) is 5.71 Å². The Morgan fingerprint density at radius 2 is 1.76 bits per heavy atom. The van der Waals surface area contributed by atoms with E-state index in [0.29, 0.717) is 49.3 Å². The van der Waals surface area contributed by atoms with E-state index in [4.69, 9.17) is 4.42 Å². The first-order chi connectivity index (χ1) is 16.7. The van der Waals surface area contributed by atoms with Crippen molar-refractivity contribution in [2.45, 2.75) is 19.3 Å². The lowest BCUT2D eigenvalue weighted by Crippen LogP contribution is -2.51. The number of allylic oxidation sites excluding steroid dienone is 3. The molecule has 0 spiro atoms. The third-order valence-electron chi connectivity index (χ3n) is 6.81. The van der Waals surface area contributed by atoms with E-state index < -0.39 is 0 Å². The molecule has 1 aliphatic carbocycles. The molecule has 0 saturated carbocycles. The van der Waals surface area contributed by atoms with Crippen molar-refractivity contribution in [2.75, 3.05) is 44.2 Å². The molecule has 6 rings (SSSR count). The summed E-state index contributed by atoms with van der Waals surface area (Å²) in [4.78, 5) is 44.9. The van der Waals surface area contributed by atoms with Gasteiger partial charge >= 0.3 is 0 Å². The molecule has 2 saturated heterocycles. The molecule has 2 amide bonds. The molecule has 0 radical (unpaired) electrons. The van der Waals surface area contributed by atoms with Gasteiger partial charge < -0.3 is 19.1 Å². The van der Waals surface area contributed by atoms with Crippen LogP contribution in [0.3, 0.4) is 0 Å². The van der Waals surface area contributed by atoms with Gasteiger partial charge in [-0.2, -0.15) is 9.98 Å². The maximum absolute atomic E-state index is 13.2. The first-order valence-corrected chi connectivity index (χ1v) is 11.9. The quantitative estimate of drug-likeness (QED) is 0.687. The van der Waals surface area contributed by atoms with Crippen LogP contribution < -0.4 is 4.90 Å². The number of guanidine groups is 1. The first kappa shape index (κ1) is 20.8. The molecule has 1 aromatic carbocycles. The van der Waals surface area contributed by atoms with Crippen molar-refractivity contribution < 1.29 is 14.0 Å². The number of aliphatic imine (C=N–C) groups is 2. The fourth-order valence-corrected chi connectivity index (χ4v) is 4.86. The number of oxazole rings is 1. The molecule has 0 bridgehead atoms. The topological polar surface area (TPSA) is 94.6 Å². The highest BCUT2D eigenvalue weighted by Gasteiger charge is 2.31. The second-order valence-corrected chi connectivity index (χ2v) is 9.01. The zero-order chi connectivity index (χ0) is 23.1. The number of aromatic nitrogens is 1. The Balaban J connectivity index is 1.13. The minimum atomic E-state index is -0.377. The SMILES string of the molecule is O=C1N=C(N2CCN(C(=O)c3ccc4nc(N5CCCCC5)oc4c3)CC2)N=C2C=CC=CC12. The van der Waals surface area contributed by atoms with Crippen molar-refractivity contribution in [1.82, 2.24) is 14.8 Å². The minimum Gasteiger partial charge on any atom is -0.423 e. The Hall–Kier alpha value is -3.75. The number of amides is 2. The van der Waals surface area contributed by atoms with Gasteiger partial charge in [-0.3, -0.25) is 9.59 Å². The van der Waals surface area contributed by atoms with E-state index in [1.54, 1.807) is 6.07 Å². The lowest BCUT2D eigenvalue weighted by Gasteiger charge is -2.36. The van der Waals surface area contributed by atoms with Crippen molar-refractivity contribution in [3.63, 3.8) is 0 Å². The Bertz CT molecular complexity index is 1260. The van der Waals surface area contributed by atoms with Crippen molar-refractivity contribution >= 4 is 40.6 Å². The monoisotopic (exact) mass is 458 g/mol. The highest BCUT2D eigenvalue weighted by Crippen LogP contribution is 2.26. The number of carbonyl (C=O) groups excluding carboxylic acids is 2. The summed E-state index contributed by atoms with van der Waals surface area (Å²) in [5.74, 6) is -0.163. The molecule has 4 heterocycles. The lowest BCUT2D eigenvalue weighted by molar-refractivity contribution is -0.118. The van der Waals surface area contributed by atoms with Crippen molar-refractivity contribution in [1.29, 1.82) is 0 Å². The smallest absolute Gasteiger partial charge is 0.298 e. The van der Waals surface area contributed by atoms with Crippen molar-refractivity contribution in [2.24, 2.45) is 15.9 Å². The lowest BCUT2D eigenvalue weighted by atomic mass is 9.97. The van der Waals surface area contributed by atoms with Gasteiger partial charge in [0, 0.05) is 44.8 Å². The number of carbonyl (C=O) groups is 2. The molecule has 3 aliphatic heterocycles. The molecule has 34 heavy (non-hydrogen) atoms. The highest BCUT2D eigenvalue weighted by molar-refractivity contribution is 6.21. The van der Waals surface area contributed by atoms with Gasteiger partial charge in [-0.1, -0.05) is 18.2 Å². The van der Waals surface area contributed by atoms with E-state index >= 15 is 0 Å². The molecule has 9 heteroatoms. The number of benzene rings is 1. The number of hydrogen-bond acceptors (Lipinski definition) is 7. The number of hydrogen-bond donors (Lipinski definition) is 0. The van der Waals surface area contributed by atoms with Crippen LogP contribution in [0.5, 0.6) is 0 Å². The molecule has 9 nitrogen and oxygen atoms in total. The predicted molar refractivity (Wildman–Crippen MR) is 129 cm³/mol. The summed E-state index contributed by atoms with van der Waals surface area (Å²) in [5.41, 5.74) is 2.72. The number of nitrogens with zero attached hydrogens (tertiary/aromatic N) is 6. The van der Waals surface area contributed by atoms with Crippen molar-refractivity contribution in [3.05, 3.63) is 48.1 Å². The van der Waals surface area contributed by atoms with Crippen LogP contribution in [0.4, 0.5) is 6.01 Å². The number of rotatable bonds is 2. The largest absolute Gasteiger partial charge is 0.423 e. The number of fused-ring (bicyclic) bond motifs is 2. The predicted octanol–water partition coefficient (Wildman–Crippen LogP) is 2.66. The third kappa shape index (κ3) is 3.81. The van der Waals surface area contributed by atoms with Crippen LogP contribution in [0.25, 0.3) is 11.1 Å². The second-order valence-electron chi connectivity index (χ2n) is 9.01. The number of piperazine rings is 1. The molecule has 1 unspecified atom stereocenters. The van der Waals surface area contributed by atoms with E-state index in [1.165, 1.54) is 6.42 Å². The van der Waals surface area contributed by atoms with Gasteiger partial charge in [0.2, 0.25) is 5.96 Å². The van der Waals surface area contributed by atoms with Crippen molar-refractivity contribution in [3.8, 4) is 0 Å². The summed E-state index contributed by atoms with van der Waals surface area (Å²) in [6.07, 6.45) is 10.9. The van der Waals surface area contributed by atoms with Gasteiger partial charge in [-0.15, -0.1) is 0 Å². The van der Waals surface area contributed by atoms with Gasteiger partial charge in [0.1, 0.15) is 11.4 Å². The summed E-state index contributed by atoms with van der Waals surface area (Å²) in [7, 11) is 0. The van der Waals surface area contributed by atoms with E-state index in [2.05, 4.69) is 19.9 Å². The zero-order valence-corrected chi connectivity index (χ0v) is 18.9. The maximum Gasteiger partial charge on any atom is 0.298 e. The van der Waals surface area contributed by atoms with Crippen LogP contribution >= 0.6 is 0 Å². The minimum absolute atomic E-state index is 0.0362. The Kier molecular flexibility index (Phi) is 5.24. The summed E-state index contributed by atoms with van der Waals surface area (Å²) in [6, 6.07) is 6.11. The fraction of sp³-hybridized carbons (Fsp3) is 0.400. The molecule has 0 N–H and O–H groups in total. The maximum atomic E-state index is 13.2. The summed E-state index contributed by atoms with van der Waals surface area (Å²) in [5, 5.41) is 0. The summed E-state index contributed by atoms with van der Waals surface area (Å²) in [6.45, 7) is 4.12. The van der Waals surface area contributed by atoms with Crippen LogP contribution in [-0.4, -0.2) is 77.5 Å². The standard InChI is InChI=1S/C25H26N6O3/c32-22-18-6-2-3-7-19(18)26-24(28-22)30-14-12-29(13-15-30)23(33)17-8-9-20-21(16-17)34-25(27-20)31-10-4-1-5-11-31/h2-3,6-9,16,18H,1,4-5,10-15H2. The number of piperidine rings is 1. The van der Waals surface area contributed by atoms with Gasteiger partial charge in [-0.05, 0) is 43.5 Å². The van der Waals surface area contributed by atoms with Crippen LogP contribution in [0, 0.1) is 5.92 Å². The molecule has 2 fully saturated rings. The zero-order valence-electron chi connectivity index (χ0n) is 18.9. The Morgan fingerprint density at radius 3 is 2.59 bits per heavy atom. The average molecular weight is 459 g/mol. The normalized spacial score (nSPS) is 22.6. The summed E-state index contributed by atoms with van der Waals surface area (Å²) >= 11 is 0. The average Bonchev–Trinajstić information content (AvgIpc) is 3.32. The van der Waals surface area contributed by atoms with Crippen LogP contribution in [0.15, 0.2) is 56.9 Å². The Labute approximate surface area is 197 Å². The molecule has 2 aromatic rings. The molecule has 1 atom stereocenters. The highest BCUT2D eigenvalue weighted by atomic mass is 16.4. The van der Waals surface area contributed by atoms with E-state index in [0.717, 1.165) is 37.2 Å². The molecular weight excluding hydrogens is 432 g/mol. The van der Waals surface area contributed by atoms with Gasteiger partial charge in [-0.25, -0.2) is 4.99 Å². The summed E-state index contributed by atoms with van der Waals surface area (Å²) < 4.78 is 6.00.